The molecule has 0 saturated carbocycles. The average Bonchev–Trinajstić information content (AvgIpc) is 2.46. The van der Waals surface area contributed by atoms with Crippen LogP contribution in [0.4, 0.5) is 0 Å². The third-order valence-electron chi connectivity index (χ3n) is 3.94. The Hall–Kier alpha value is -1.91. The lowest BCUT2D eigenvalue weighted by Crippen LogP contribution is -2.33. The number of amides is 1. The highest BCUT2D eigenvalue weighted by Gasteiger charge is 2.38. The number of fused-ring (bicyclic) bond motifs is 1. The summed E-state index contributed by atoms with van der Waals surface area (Å²) in [6.07, 6.45) is 3.13. The Labute approximate surface area is 118 Å². The van der Waals surface area contributed by atoms with E-state index in [1.165, 1.54) is 6.92 Å². The minimum Gasteiger partial charge on any atom is -0.497 e. The number of nitrogens with zero attached hydrogens (tertiary/aromatic N) is 1. The minimum atomic E-state index is -0.745. The van der Waals surface area contributed by atoms with E-state index in [0.29, 0.717) is 13.0 Å². The molecule has 20 heavy (non-hydrogen) atoms. The molecule has 1 atom stereocenters. The summed E-state index contributed by atoms with van der Waals surface area (Å²) in [6, 6.07) is 5.82. The molecule has 5 nitrogen and oxygen atoms in total. The van der Waals surface area contributed by atoms with E-state index in [1.807, 2.05) is 18.2 Å². The Balaban J connectivity index is 2.30. The monoisotopic (exact) mass is 276 g/mol. The quantitative estimate of drug-likeness (QED) is 0.840. The number of methoxy groups -OCH3 is 1. The normalized spacial score (nSPS) is 20.9. The second-order valence-electron chi connectivity index (χ2n) is 5.23. The summed E-state index contributed by atoms with van der Waals surface area (Å²) in [5.41, 5.74) is 1.35. The SMILES string of the molecule is COc1ccc2c(c1)C(CCNC(C)=O)(N=O)CCC2. The van der Waals surface area contributed by atoms with Crippen LogP contribution in [-0.2, 0) is 16.8 Å². The highest BCUT2D eigenvalue weighted by molar-refractivity contribution is 5.72. The molecule has 0 saturated heterocycles. The van der Waals surface area contributed by atoms with Gasteiger partial charge in [0.2, 0.25) is 5.91 Å². The summed E-state index contributed by atoms with van der Waals surface area (Å²) in [7, 11) is 1.61. The van der Waals surface area contributed by atoms with Crippen molar-refractivity contribution in [2.75, 3.05) is 13.7 Å². The Kier molecular flexibility index (Phi) is 4.37. The van der Waals surface area contributed by atoms with Crippen LogP contribution in [0, 0.1) is 4.91 Å². The van der Waals surface area contributed by atoms with Gasteiger partial charge in [0.25, 0.3) is 0 Å². The second kappa shape index (κ2) is 6.03. The number of carbonyl (C=O) groups is 1. The van der Waals surface area contributed by atoms with Crippen molar-refractivity contribution in [3.05, 3.63) is 34.2 Å². The molecule has 0 aliphatic heterocycles. The molecule has 1 unspecified atom stereocenters. The van der Waals surface area contributed by atoms with Gasteiger partial charge in [-0.15, -0.1) is 4.91 Å². The molecule has 0 spiro atoms. The largest absolute Gasteiger partial charge is 0.497 e. The highest BCUT2D eigenvalue weighted by Crippen LogP contribution is 2.42. The molecule has 1 aromatic rings. The molecule has 1 aromatic carbocycles. The lowest BCUT2D eigenvalue weighted by Gasteiger charge is -2.33. The first-order valence-electron chi connectivity index (χ1n) is 6.87. The van der Waals surface area contributed by atoms with E-state index in [4.69, 9.17) is 4.74 Å². The third kappa shape index (κ3) is 2.81. The number of hydrogen-bond donors (Lipinski definition) is 1. The van der Waals surface area contributed by atoms with E-state index in [0.717, 1.165) is 36.1 Å². The van der Waals surface area contributed by atoms with Crippen molar-refractivity contribution >= 4 is 5.91 Å². The first-order valence-corrected chi connectivity index (χ1v) is 6.87. The van der Waals surface area contributed by atoms with E-state index in [-0.39, 0.29) is 5.91 Å². The molecule has 108 valence electrons. The molecule has 1 aliphatic carbocycles. The van der Waals surface area contributed by atoms with Gasteiger partial charge in [-0.1, -0.05) is 11.2 Å². The van der Waals surface area contributed by atoms with Gasteiger partial charge in [-0.3, -0.25) is 4.79 Å². The summed E-state index contributed by atoms with van der Waals surface area (Å²) >= 11 is 0. The van der Waals surface area contributed by atoms with Crippen LogP contribution in [-0.4, -0.2) is 19.6 Å². The number of hydrogen-bond acceptors (Lipinski definition) is 4. The zero-order chi connectivity index (χ0) is 14.6. The van der Waals surface area contributed by atoms with Crippen LogP contribution in [0.3, 0.4) is 0 Å². The van der Waals surface area contributed by atoms with Crippen LogP contribution in [0.2, 0.25) is 0 Å². The predicted octanol–water partition coefficient (Wildman–Crippen LogP) is 2.52. The number of carbonyl (C=O) groups excluding carboxylic acids is 1. The van der Waals surface area contributed by atoms with Gasteiger partial charge in [0, 0.05) is 13.5 Å². The Morgan fingerprint density at radius 1 is 1.50 bits per heavy atom. The number of nitrogens with one attached hydrogen (secondary N) is 1. The molecule has 1 aliphatic rings. The van der Waals surface area contributed by atoms with Crippen molar-refractivity contribution in [3.63, 3.8) is 0 Å². The second-order valence-corrected chi connectivity index (χ2v) is 5.23. The molecular formula is C15H20N2O3. The van der Waals surface area contributed by atoms with Gasteiger partial charge in [0.1, 0.15) is 11.3 Å². The van der Waals surface area contributed by atoms with Gasteiger partial charge in [-0.05, 0) is 48.9 Å². The standard InChI is InChI=1S/C15H20N2O3/c1-11(18)16-9-8-15(17-19)7-3-4-12-5-6-13(20-2)10-14(12)15/h5-6,10H,3-4,7-9H2,1-2H3,(H,16,18). The maximum Gasteiger partial charge on any atom is 0.216 e. The van der Waals surface area contributed by atoms with Gasteiger partial charge < -0.3 is 10.1 Å². The Bertz CT molecular complexity index is 516. The molecule has 0 bridgehead atoms. The lowest BCUT2D eigenvalue weighted by atomic mass is 9.75. The fourth-order valence-corrected chi connectivity index (χ4v) is 2.89. The maximum absolute atomic E-state index is 11.5. The first kappa shape index (κ1) is 14.5. The number of nitroso groups, excluding NO2 is 1. The number of benzene rings is 1. The van der Waals surface area contributed by atoms with Crippen molar-refractivity contribution in [3.8, 4) is 5.75 Å². The van der Waals surface area contributed by atoms with Gasteiger partial charge in [0.15, 0.2) is 0 Å². The van der Waals surface area contributed by atoms with E-state index >= 15 is 0 Å². The van der Waals surface area contributed by atoms with E-state index in [1.54, 1.807) is 7.11 Å². The number of aryl methyl sites for hydroxylation is 1. The maximum atomic E-state index is 11.5. The number of ether oxygens (including phenoxy) is 1. The summed E-state index contributed by atoms with van der Waals surface area (Å²) in [5, 5.41) is 6.18. The highest BCUT2D eigenvalue weighted by atomic mass is 16.5. The van der Waals surface area contributed by atoms with Crippen molar-refractivity contribution in [1.29, 1.82) is 0 Å². The molecule has 2 rings (SSSR count). The summed E-state index contributed by atoms with van der Waals surface area (Å²) in [4.78, 5) is 22.5. The van der Waals surface area contributed by atoms with Crippen LogP contribution in [0.5, 0.6) is 5.75 Å². The van der Waals surface area contributed by atoms with Crippen molar-refractivity contribution in [1.82, 2.24) is 5.32 Å². The molecule has 1 N–H and O–H groups in total. The van der Waals surface area contributed by atoms with Crippen LogP contribution in [0.1, 0.15) is 37.3 Å². The lowest BCUT2D eigenvalue weighted by molar-refractivity contribution is -0.119. The Morgan fingerprint density at radius 2 is 2.30 bits per heavy atom. The Morgan fingerprint density at radius 3 is 2.95 bits per heavy atom. The molecule has 0 radical (unpaired) electrons. The molecule has 0 fully saturated rings. The van der Waals surface area contributed by atoms with Crippen LogP contribution in [0.25, 0.3) is 0 Å². The van der Waals surface area contributed by atoms with Crippen molar-refractivity contribution < 1.29 is 9.53 Å². The van der Waals surface area contributed by atoms with Crippen molar-refractivity contribution in [2.24, 2.45) is 5.18 Å². The summed E-state index contributed by atoms with van der Waals surface area (Å²) < 4.78 is 5.25. The van der Waals surface area contributed by atoms with Crippen molar-refractivity contribution in [2.45, 2.75) is 38.1 Å². The number of rotatable bonds is 5. The van der Waals surface area contributed by atoms with Gasteiger partial charge in [0.05, 0.1) is 7.11 Å². The zero-order valence-corrected chi connectivity index (χ0v) is 11.9. The summed E-state index contributed by atoms with van der Waals surface area (Å²) in [5.74, 6) is 0.644. The first-order chi connectivity index (χ1) is 9.61. The van der Waals surface area contributed by atoms with Crippen LogP contribution >= 0.6 is 0 Å². The topological polar surface area (TPSA) is 67.8 Å². The predicted molar refractivity (Wildman–Crippen MR) is 76.7 cm³/mol. The summed E-state index contributed by atoms with van der Waals surface area (Å²) in [6.45, 7) is 1.93. The molecule has 5 heteroatoms. The third-order valence-corrected chi connectivity index (χ3v) is 3.94. The van der Waals surface area contributed by atoms with Gasteiger partial charge in [-0.2, -0.15) is 0 Å². The van der Waals surface area contributed by atoms with Gasteiger partial charge in [-0.25, -0.2) is 0 Å². The van der Waals surface area contributed by atoms with Gasteiger partial charge >= 0.3 is 0 Å². The molecule has 1 amide bonds. The van der Waals surface area contributed by atoms with Crippen LogP contribution < -0.4 is 10.1 Å². The van der Waals surface area contributed by atoms with E-state index < -0.39 is 5.54 Å². The molecule has 0 aromatic heterocycles. The average molecular weight is 276 g/mol. The zero-order valence-electron chi connectivity index (χ0n) is 11.9. The molecular weight excluding hydrogens is 256 g/mol. The molecule has 0 heterocycles. The van der Waals surface area contributed by atoms with Crippen LogP contribution in [0.15, 0.2) is 23.4 Å². The fourth-order valence-electron chi connectivity index (χ4n) is 2.89. The van der Waals surface area contributed by atoms with E-state index in [2.05, 4.69) is 10.5 Å². The van der Waals surface area contributed by atoms with E-state index in [9.17, 15) is 9.70 Å². The fraction of sp³-hybridized carbons (Fsp3) is 0.533. The smallest absolute Gasteiger partial charge is 0.216 e. The minimum absolute atomic E-state index is 0.0901.